The molecule has 1 unspecified atom stereocenters. The van der Waals surface area contributed by atoms with E-state index in [1.165, 1.54) is 25.0 Å². The monoisotopic (exact) mass is 233 g/mol. The number of hydrogen-bond acceptors (Lipinski definition) is 2. The average molecular weight is 233 g/mol. The first-order valence-electron chi connectivity index (χ1n) is 6.07. The second-order valence-electron chi connectivity index (χ2n) is 4.94. The third-order valence-electron chi connectivity index (χ3n) is 3.14. The summed E-state index contributed by atoms with van der Waals surface area (Å²) in [5.74, 6) is 0.758. The van der Waals surface area contributed by atoms with E-state index in [2.05, 4.69) is 9.55 Å². The van der Waals surface area contributed by atoms with Crippen LogP contribution in [0.15, 0.2) is 18.2 Å². The van der Waals surface area contributed by atoms with Gasteiger partial charge in [0.2, 0.25) is 0 Å². The van der Waals surface area contributed by atoms with Crippen molar-refractivity contribution in [3.05, 3.63) is 29.8 Å². The fraction of sp³-hybridized carbons (Fsp3) is 0.462. The molecule has 3 rings (SSSR count). The van der Waals surface area contributed by atoms with Gasteiger partial charge in [0, 0.05) is 24.6 Å². The van der Waals surface area contributed by atoms with Gasteiger partial charge in [0.15, 0.2) is 0 Å². The van der Waals surface area contributed by atoms with E-state index in [9.17, 15) is 4.39 Å². The lowest BCUT2D eigenvalue weighted by molar-refractivity contribution is 0.629. The van der Waals surface area contributed by atoms with E-state index in [1.807, 2.05) is 13.0 Å². The van der Waals surface area contributed by atoms with Crippen LogP contribution in [0.3, 0.4) is 0 Å². The van der Waals surface area contributed by atoms with E-state index in [0.29, 0.717) is 6.04 Å². The standard InChI is InChI=1S/C13H16FN3/c1-8(15)6-13-16-11-7-9(14)2-5-12(11)17(13)10-3-4-10/h2,5,7-8,10H,3-4,6,15H2,1H3. The minimum atomic E-state index is -0.231. The number of nitrogens with zero attached hydrogens (tertiary/aromatic N) is 2. The van der Waals surface area contributed by atoms with Crippen molar-refractivity contribution in [1.29, 1.82) is 0 Å². The Morgan fingerprint density at radius 2 is 2.29 bits per heavy atom. The first-order chi connectivity index (χ1) is 8.15. The van der Waals surface area contributed by atoms with E-state index in [4.69, 9.17) is 5.73 Å². The Labute approximate surface area is 99.4 Å². The summed E-state index contributed by atoms with van der Waals surface area (Å²) in [4.78, 5) is 4.52. The van der Waals surface area contributed by atoms with Gasteiger partial charge >= 0.3 is 0 Å². The fourth-order valence-electron chi connectivity index (χ4n) is 2.29. The summed E-state index contributed by atoms with van der Waals surface area (Å²) in [6, 6.07) is 5.44. The molecule has 17 heavy (non-hydrogen) atoms. The van der Waals surface area contributed by atoms with Crippen LogP contribution in [-0.2, 0) is 6.42 Å². The van der Waals surface area contributed by atoms with Gasteiger partial charge in [-0.15, -0.1) is 0 Å². The zero-order valence-electron chi connectivity index (χ0n) is 9.86. The number of benzene rings is 1. The van der Waals surface area contributed by atoms with Crippen molar-refractivity contribution in [3.63, 3.8) is 0 Å². The third kappa shape index (κ3) is 1.93. The molecule has 0 radical (unpaired) electrons. The van der Waals surface area contributed by atoms with E-state index >= 15 is 0 Å². The minimum Gasteiger partial charge on any atom is -0.328 e. The first kappa shape index (κ1) is 10.7. The number of imidazole rings is 1. The largest absolute Gasteiger partial charge is 0.328 e. The Morgan fingerprint density at radius 1 is 1.53 bits per heavy atom. The lowest BCUT2D eigenvalue weighted by Crippen LogP contribution is -2.20. The highest BCUT2D eigenvalue weighted by Gasteiger charge is 2.28. The molecule has 1 heterocycles. The first-order valence-corrected chi connectivity index (χ1v) is 6.07. The number of hydrogen-bond donors (Lipinski definition) is 1. The van der Waals surface area contributed by atoms with E-state index < -0.39 is 0 Å². The zero-order chi connectivity index (χ0) is 12.0. The quantitative estimate of drug-likeness (QED) is 0.884. The van der Waals surface area contributed by atoms with Gasteiger partial charge in [-0.2, -0.15) is 0 Å². The van der Waals surface area contributed by atoms with Crippen LogP contribution in [0.4, 0.5) is 4.39 Å². The summed E-state index contributed by atoms with van der Waals surface area (Å²) in [5, 5.41) is 0. The van der Waals surface area contributed by atoms with E-state index in [0.717, 1.165) is 23.3 Å². The van der Waals surface area contributed by atoms with E-state index in [1.54, 1.807) is 0 Å². The van der Waals surface area contributed by atoms with Crippen molar-refractivity contribution in [2.24, 2.45) is 5.73 Å². The molecule has 1 aromatic heterocycles. The molecule has 1 saturated carbocycles. The smallest absolute Gasteiger partial charge is 0.125 e. The molecule has 1 aliphatic carbocycles. The maximum Gasteiger partial charge on any atom is 0.125 e. The lowest BCUT2D eigenvalue weighted by Gasteiger charge is -2.09. The maximum absolute atomic E-state index is 13.2. The predicted molar refractivity (Wildman–Crippen MR) is 65.3 cm³/mol. The molecule has 0 saturated heterocycles. The topological polar surface area (TPSA) is 43.8 Å². The number of rotatable bonds is 3. The highest BCUT2D eigenvalue weighted by atomic mass is 19.1. The van der Waals surface area contributed by atoms with Gasteiger partial charge in [-0.05, 0) is 31.9 Å². The van der Waals surface area contributed by atoms with Crippen LogP contribution in [0.5, 0.6) is 0 Å². The molecule has 0 bridgehead atoms. The van der Waals surface area contributed by atoms with Crippen molar-refractivity contribution >= 4 is 11.0 Å². The summed E-state index contributed by atoms with van der Waals surface area (Å²) in [6.45, 7) is 1.97. The molecular formula is C13H16FN3. The van der Waals surface area contributed by atoms with Crippen LogP contribution < -0.4 is 5.73 Å². The van der Waals surface area contributed by atoms with Gasteiger partial charge < -0.3 is 10.3 Å². The molecule has 1 fully saturated rings. The van der Waals surface area contributed by atoms with Crippen molar-refractivity contribution in [3.8, 4) is 0 Å². The highest BCUT2D eigenvalue weighted by molar-refractivity contribution is 5.76. The molecule has 4 heteroatoms. The normalized spacial score (nSPS) is 17.6. The van der Waals surface area contributed by atoms with Gasteiger partial charge in [-0.3, -0.25) is 0 Å². The van der Waals surface area contributed by atoms with E-state index in [-0.39, 0.29) is 11.9 Å². The molecule has 1 atom stereocenters. The van der Waals surface area contributed by atoms with Crippen LogP contribution in [0.25, 0.3) is 11.0 Å². The highest BCUT2D eigenvalue weighted by Crippen LogP contribution is 2.38. The molecule has 2 N–H and O–H groups in total. The molecule has 0 aliphatic heterocycles. The third-order valence-corrected chi connectivity index (χ3v) is 3.14. The van der Waals surface area contributed by atoms with Crippen molar-refractivity contribution in [2.45, 2.75) is 38.3 Å². The Balaban J connectivity index is 2.15. The molecule has 1 aliphatic rings. The van der Waals surface area contributed by atoms with Crippen molar-refractivity contribution in [1.82, 2.24) is 9.55 Å². The van der Waals surface area contributed by atoms with Gasteiger partial charge in [0.25, 0.3) is 0 Å². The Kier molecular flexibility index (Phi) is 2.40. The van der Waals surface area contributed by atoms with Gasteiger partial charge in [0.1, 0.15) is 11.6 Å². The van der Waals surface area contributed by atoms with Crippen LogP contribution in [0, 0.1) is 5.82 Å². The average Bonchev–Trinajstić information content (AvgIpc) is 3.00. The van der Waals surface area contributed by atoms with Crippen LogP contribution in [-0.4, -0.2) is 15.6 Å². The SMILES string of the molecule is CC(N)Cc1nc2cc(F)ccc2n1C1CC1. The van der Waals surface area contributed by atoms with Gasteiger partial charge in [0.05, 0.1) is 11.0 Å². The summed E-state index contributed by atoms with van der Waals surface area (Å²) < 4.78 is 15.4. The molecule has 0 amide bonds. The second-order valence-corrected chi connectivity index (χ2v) is 4.94. The summed E-state index contributed by atoms with van der Waals surface area (Å²) in [7, 11) is 0. The van der Waals surface area contributed by atoms with Crippen LogP contribution in [0.1, 0.15) is 31.6 Å². The summed E-state index contributed by atoms with van der Waals surface area (Å²) >= 11 is 0. The van der Waals surface area contributed by atoms with Crippen LogP contribution >= 0.6 is 0 Å². The molecule has 3 nitrogen and oxygen atoms in total. The van der Waals surface area contributed by atoms with Crippen molar-refractivity contribution in [2.75, 3.05) is 0 Å². The molecule has 2 aromatic rings. The fourth-order valence-corrected chi connectivity index (χ4v) is 2.29. The molecule has 90 valence electrons. The maximum atomic E-state index is 13.2. The predicted octanol–water partition coefficient (Wildman–Crippen LogP) is 2.40. The Hall–Kier alpha value is -1.42. The van der Waals surface area contributed by atoms with Gasteiger partial charge in [-0.1, -0.05) is 0 Å². The zero-order valence-corrected chi connectivity index (χ0v) is 9.86. The molecular weight excluding hydrogens is 217 g/mol. The van der Waals surface area contributed by atoms with Gasteiger partial charge in [-0.25, -0.2) is 9.37 Å². The lowest BCUT2D eigenvalue weighted by atomic mass is 10.2. The second kappa shape index (κ2) is 3.81. The molecule has 1 aromatic carbocycles. The summed E-state index contributed by atoms with van der Waals surface area (Å²) in [6.07, 6.45) is 3.12. The summed E-state index contributed by atoms with van der Waals surface area (Å²) in [5.41, 5.74) is 7.61. The van der Waals surface area contributed by atoms with Crippen LogP contribution in [0.2, 0.25) is 0 Å². The number of fused-ring (bicyclic) bond motifs is 1. The number of aromatic nitrogens is 2. The molecule has 0 spiro atoms. The Morgan fingerprint density at radius 3 is 2.94 bits per heavy atom. The number of halogens is 1. The minimum absolute atomic E-state index is 0.0779. The number of nitrogens with two attached hydrogens (primary N) is 1. The van der Waals surface area contributed by atoms with Crippen molar-refractivity contribution < 1.29 is 4.39 Å². The Bertz CT molecular complexity index is 555.